The van der Waals surface area contributed by atoms with Crippen molar-refractivity contribution >= 4 is 115 Å². The number of rotatable bonds is 15. The first-order valence-electron chi connectivity index (χ1n) is 34.6. The summed E-state index contributed by atoms with van der Waals surface area (Å²) in [7, 11) is 1.48. The number of nitrogens with one attached hydrogen (secondary N) is 7. The van der Waals surface area contributed by atoms with Gasteiger partial charge in [0, 0.05) is 45.5 Å². The number of hydrogen-bond donors (Lipinski definition) is 18. The maximum Gasteiger partial charge on any atom is 0.330 e. The molecule has 20 N–H and O–H groups in total. The van der Waals surface area contributed by atoms with Crippen molar-refractivity contribution < 1.29 is 113 Å². The number of nitrogens with zero attached hydrogens (tertiary/aromatic N) is 1. The Balaban J connectivity index is 1.09. The highest BCUT2D eigenvalue weighted by Gasteiger charge is 2.52. The van der Waals surface area contributed by atoms with E-state index in [4.69, 9.17) is 74.7 Å². The molecule has 1 aromatic heterocycles. The van der Waals surface area contributed by atoms with Crippen LogP contribution >= 0.6 is 57.9 Å². The Labute approximate surface area is 654 Å². The van der Waals surface area contributed by atoms with Crippen molar-refractivity contribution in [2.24, 2.45) is 17.4 Å². The molecule has 0 aliphatic carbocycles. The molecular formula is C73H77Cl3N10O23S2. The van der Waals surface area contributed by atoms with Gasteiger partial charge in [-0.15, -0.1) is 11.3 Å². The number of thiazole rings is 1. The van der Waals surface area contributed by atoms with Gasteiger partial charge >= 0.3 is 5.97 Å². The molecule has 6 aromatic carbocycles. The average Bonchev–Trinajstić information content (AvgIpc) is 1.27. The summed E-state index contributed by atoms with van der Waals surface area (Å²) in [6.07, 6.45) is -18.0. The number of hydrogen-bond acceptors (Lipinski definition) is 27. The molecule has 7 amide bonds. The number of primary amides is 1. The van der Waals surface area contributed by atoms with E-state index >= 15 is 14.4 Å². The van der Waals surface area contributed by atoms with Gasteiger partial charge in [-0.05, 0) is 128 Å². The highest BCUT2D eigenvalue weighted by molar-refractivity contribution is 8.01. The number of ether oxygens (including phenoxy) is 6. The van der Waals surface area contributed by atoms with E-state index in [1.165, 1.54) is 50.4 Å². The van der Waals surface area contributed by atoms with Crippen LogP contribution in [0.5, 0.6) is 46.0 Å². The number of benzene rings is 6. The van der Waals surface area contributed by atoms with E-state index in [9.17, 15) is 69.9 Å². The number of aromatic hydroxyl groups is 3. The first-order chi connectivity index (χ1) is 52.5. The summed E-state index contributed by atoms with van der Waals surface area (Å²) in [5.74, 6) is -16.0. The molecule has 7 aliphatic rings. The summed E-state index contributed by atoms with van der Waals surface area (Å²) in [5, 5.41) is 123. The van der Waals surface area contributed by atoms with Crippen LogP contribution in [0.15, 0.2) is 101 Å². The van der Waals surface area contributed by atoms with Gasteiger partial charge in [0.05, 0.1) is 51.0 Å². The van der Waals surface area contributed by atoms with E-state index in [-0.39, 0.29) is 57.7 Å². The predicted molar refractivity (Wildman–Crippen MR) is 398 cm³/mol. The van der Waals surface area contributed by atoms with Crippen molar-refractivity contribution in [3.05, 3.63) is 140 Å². The quantitative estimate of drug-likeness (QED) is 0.0640. The molecule has 33 nitrogen and oxygen atoms in total. The van der Waals surface area contributed by atoms with Crippen LogP contribution in [-0.2, 0) is 52.6 Å². The molecule has 18 atom stereocenters. The van der Waals surface area contributed by atoms with Crippen LogP contribution in [0.4, 0.5) is 0 Å². The third-order valence-corrected chi connectivity index (χ3v) is 22.4. The van der Waals surface area contributed by atoms with Crippen molar-refractivity contribution in [2.75, 3.05) is 12.8 Å². The number of halogens is 3. The van der Waals surface area contributed by atoms with Gasteiger partial charge in [-0.25, -0.2) is 9.78 Å². The first-order valence-corrected chi connectivity index (χ1v) is 37.5. The van der Waals surface area contributed by atoms with Crippen LogP contribution < -0.4 is 62.9 Å². The second-order valence-electron chi connectivity index (χ2n) is 27.9. The number of phenols is 3. The predicted octanol–water partition coefficient (Wildman–Crippen LogP) is 4.17. The van der Waals surface area contributed by atoms with Crippen LogP contribution in [0.25, 0.3) is 21.3 Å². The molecule has 2 saturated heterocycles. The van der Waals surface area contributed by atoms with Crippen LogP contribution in [0, 0.1) is 5.92 Å². The number of phenolic OH excluding ortho intramolecular Hbond substituents is 3. The minimum atomic E-state index is -2.35. The van der Waals surface area contributed by atoms with Crippen molar-refractivity contribution in [2.45, 2.75) is 161 Å². The monoisotopic (exact) mass is 1630 g/mol. The van der Waals surface area contributed by atoms with Gasteiger partial charge in [0.25, 0.3) is 0 Å². The zero-order valence-corrected chi connectivity index (χ0v) is 63.2. The summed E-state index contributed by atoms with van der Waals surface area (Å²) < 4.78 is 41.0. The van der Waals surface area contributed by atoms with Gasteiger partial charge in [-0.1, -0.05) is 78.6 Å². The van der Waals surface area contributed by atoms with E-state index in [0.29, 0.717) is 14.9 Å². The number of aliphatic hydroxyl groups excluding tert-OH is 5. The van der Waals surface area contributed by atoms with E-state index in [1.807, 2.05) is 13.8 Å². The van der Waals surface area contributed by atoms with Crippen molar-refractivity contribution in [1.29, 1.82) is 0 Å². The number of carbonyl (C=O) groups excluding carboxylic acids is 7. The number of nitrogens with two attached hydrogens (primary N) is 2. The average molecular weight is 1630 g/mol. The van der Waals surface area contributed by atoms with Crippen molar-refractivity contribution in [1.82, 2.24) is 42.2 Å². The van der Waals surface area contributed by atoms with Crippen LogP contribution in [0.3, 0.4) is 0 Å². The molecule has 14 rings (SSSR count). The number of likely N-dealkylation sites (N-methyl/N-ethyl adjacent to an activating group) is 1. The minimum Gasteiger partial charge on any atom is -0.508 e. The lowest BCUT2D eigenvalue weighted by molar-refractivity contribution is -0.329. The fourth-order valence-electron chi connectivity index (χ4n) is 13.6. The number of carbonyl (C=O) groups is 8. The lowest BCUT2D eigenvalue weighted by Gasteiger charge is -2.47. The van der Waals surface area contributed by atoms with Crippen LogP contribution in [0.2, 0.25) is 15.1 Å². The van der Waals surface area contributed by atoms with Crippen molar-refractivity contribution in [3.8, 4) is 57.1 Å². The first kappa shape index (κ1) is 81.1. The SMILES string of the molecule is CN[C@@H](CC(C)C)C(=O)N[C@H]1C(=O)N[C@@H](CC(N)=O)C(=O)N[C@H]2C(=O)N[C@H]3C(=O)N[C@H](C(=O)N[C@@H](C(=O)O)c4cc(O)cc(O)c4-c4cc3ccc4O)[C@H](O)c3ccc(c(Cl)c3)Oc3cc2cc(c3OC2OC(CSc3nc4cc(Cl)ccc4s3)C(O)C(O)C2OC2CC(C)(N)C(O)C(C)O2)Oc2ccc(cc2Cl)[C@H]1O. The second-order valence-corrected chi connectivity index (χ2v) is 31.5. The molecule has 7 aromatic rings. The number of amides is 7. The molecule has 9 unspecified atom stereocenters. The lowest BCUT2D eigenvalue weighted by atomic mass is 9.86. The standard InChI is InChI=1S/C73H77Cl3N10O23S2/c1-26(2)14-39(79-5)64(96)85-55-57(91)29-7-11-43(36(75)16-29)105-45-18-31-19-46(61(45)109-71-62(108-50-24-73(4,78)63(95)27(3)104-50)60(94)59(93)47(107-71)25-110-72-81-38-20-32(74)9-13-48(38)111-72)106-44-12-8-30(17-37(44)76)58(92)56-69(101)84-54(70(102)103)35-21-33(87)22-42(89)51(35)34-15-28(6-10-41(34)88)52(66(98)86-56)83-67(99)53(31)82-65(97)40(23-49(77)90)80-68(55)100/h6-13,15-22,26-27,39-40,47,50,52-60,62-63,71,79,87-89,91-95H,14,23-25,78H2,1-5H3,(H2,77,90)(H,80,100)(H,82,97)(H,83,99)(H,84,101)(H,85,96)(H,86,98)(H,102,103)/t27?,39-,40-,47?,50?,52+,53+,54+,55+,56-,57+,58+,59?,60?,62?,63?,71?,73?/m0/s1. The molecular weight excluding hydrogens is 1560 g/mol. The lowest BCUT2D eigenvalue weighted by Crippen LogP contribution is -2.64. The smallest absolute Gasteiger partial charge is 0.330 e. The summed E-state index contributed by atoms with van der Waals surface area (Å²) in [6, 6.07) is 4.70. The summed E-state index contributed by atoms with van der Waals surface area (Å²) in [5.41, 5.74) is 8.79. The van der Waals surface area contributed by atoms with Crippen molar-refractivity contribution in [3.63, 3.8) is 0 Å². The Morgan fingerprint density at radius 2 is 1.37 bits per heavy atom. The van der Waals surface area contributed by atoms with E-state index in [1.54, 1.807) is 18.2 Å². The molecule has 590 valence electrons. The summed E-state index contributed by atoms with van der Waals surface area (Å²) in [6.45, 7) is 6.70. The molecule has 0 spiro atoms. The number of fused-ring (bicyclic) bond motifs is 16. The number of carboxylic acid groups (broad SMARTS) is 1. The summed E-state index contributed by atoms with van der Waals surface area (Å²) in [4.78, 5) is 123. The Hall–Kier alpha value is -9.41. The zero-order valence-electron chi connectivity index (χ0n) is 59.3. The molecule has 7 aliphatic heterocycles. The Morgan fingerprint density at radius 1 is 0.730 bits per heavy atom. The number of carboxylic acids is 1. The molecule has 111 heavy (non-hydrogen) atoms. The molecule has 2 fully saturated rings. The fraction of sp³-hybridized carbons (Fsp3) is 0.384. The normalized spacial score (nSPS) is 27.9. The zero-order chi connectivity index (χ0) is 80.1. The second kappa shape index (κ2) is 33.1. The van der Waals surface area contributed by atoms with E-state index in [0.717, 1.165) is 77.1 Å². The van der Waals surface area contributed by atoms with E-state index in [2.05, 4.69) is 42.2 Å². The van der Waals surface area contributed by atoms with E-state index < -0.39 is 225 Å². The number of aliphatic hydroxyl groups is 5. The van der Waals surface area contributed by atoms with Gasteiger partial charge in [-0.2, -0.15) is 0 Å². The maximum atomic E-state index is 16.2. The van der Waals surface area contributed by atoms with Gasteiger partial charge in [-0.3, -0.25) is 33.6 Å². The van der Waals surface area contributed by atoms with Gasteiger partial charge in [0.15, 0.2) is 34.3 Å². The van der Waals surface area contributed by atoms with Gasteiger partial charge < -0.3 is 123 Å². The minimum absolute atomic E-state index is 0.102. The largest absolute Gasteiger partial charge is 0.508 e. The van der Waals surface area contributed by atoms with Crippen LogP contribution in [-0.4, -0.2) is 190 Å². The van der Waals surface area contributed by atoms with Gasteiger partial charge in [0.1, 0.15) is 83.4 Å². The highest BCUT2D eigenvalue weighted by Crippen LogP contribution is 2.50. The van der Waals surface area contributed by atoms with Crippen LogP contribution in [0.1, 0.15) is 105 Å². The number of thioether (sulfide) groups is 1. The van der Waals surface area contributed by atoms with Gasteiger partial charge in [0.2, 0.25) is 53.4 Å². The third kappa shape index (κ3) is 17.5. The molecule has 0 radical (unpaired) electrons. The number of aliphatic carboxylic acids is 1. The topological polar surface area (TPSA) is 523 Å². The molecule has 11 bridgehead atoms. The molecule has 38 heteroatoms. The Kier molecular flexibility index (Phi) is 24.2. The maximum absolute atomic E-state index is 16.2. The third-order valence-electron chi connectivity index (χ3n) is 19.3. The summed E-state index contributed by atoms with van der Waals surface area (Å²) >= 11 is 23.1. The fourth-order valence-corrected chi connectivity index (χ4v) is 16.3. The number of aromatic nitrogens is 1. The molecule has 0 saturated carbocycles. The Bertz CT molecular complexity index is 4830. The Morgan fingerprint density at radius 3 is 2.00 bits per heavy atom. The molecule has 8 heterocycles. The highest BCUT2D eigenvalue weighted by atomic mass is 35.5.